The minimum atomic E-state index is -0.0660. The Labute approximate surface area is 111 Å². The van der Waals surface area contributed by atoms with Gasteiger partial charge in [-0.25, -0.2) is 4.98 Å². The van der Waals surface area contributed by atoms with Crippen LogP contribution in [0.5, 0.6) is 0 Å². The quantitative estimate of drug-likeness (QED) is 0.851. The van der Waals surface area contributed by atoms with Gasteiger partial charge >= 0.3 is 0 Å². The lowest BCUT2D eigenvalue weighted by Gasteiger charge is -2.15. The second kappa shape index (κ2) is 4.57. The molecule has 1 heterocycles. The number of carbonyl (C=O) groups is 1. The summed E-state index contributed by atoms with van der Waals surface area (Å²) in [7, 11) is 1.62. The summed E-state index contributed by atoms with van der Waals surface area (Å²) in [6.45, 7) is 0.220. The first-order chi connectivity index (χ1) is 9.19. The number of anilines is 1. The number of hydrogen-bond acceptors (Lipinski definition) is 3. The molecular weight excluding hydrogens is 240 g/mol. The highest BCUT2D eigenvalue weighted by atomic mass is 16.1. The molecule has 5 nitrogen and oxygen atoms in total. The number of benzene rings is 1. The highest BCUT2D eigenvalue weighted by Gasteiger charge is 2.16. The Morgan fingerprint density at radius 1 is 1.37 bits per heavy atom. The molecule has 5 heteroatoms. The van der Waals surface area contributed by atoms with Crippen LogP contribution >= 0.6 is 0 Å². The van der Waals surface area contributed by atoms with E-state index >= 15 is 0 Å². The van der Waals surface area contributed by atoms with Crippen molar-refractivity contribution in [1.82, 2.24) is 14.9 Å². The number of likely N-dealkylation sites (N-methyl/N-ethyl adjacent to an activating group) is 1. The average Bonchev–Trinajstić information content (AvgIpc) is 2.72. The van der Waals surface area contributed by atoms with Gasteiger partial charge in [-0.1, -0.05) is 0 Å². The Balaban J connectivity index is 2.11. The number of imidazole rings is 1. The van der Waals surface area contributed by atoms with Gasteiger partial charge in [-0.3, -0.25) is 4.79 Å². The molecule has 19 heavy (non-hydrogen) atoms. The van der Waals surface area contributed by atoms with E-state index in [0.717, 1.165) is 23.9 Å². The molecule has 0 radical (unpaired) electrons. The summed E-state index contributed by atoms with van der Waals surface area (Å²) in [6, 6.07) is 4.27. The second-order valence-electron chi connectivity index (χ2n) is 5.05. The molecule has 0 atom stereocenters. The van der Waals surface area contributed by atoms with Crippen molar-refractivity contribution in [2.75, 3.05) is 12.8 Å². The van der Waals surface area contributed by atoms with Crippen LogP contribution in [-0.2, 0) is 24.2 Å². The van der Waals surface area contributed by atoms with E-state index in [1.165, 1.54) is 24.0 Å². The topological polar surface area (TPSA) is 72.9 Å². The van der Waals surface area contributed by atoms with Gasteiger partial charge in [-0.2, -0.15) is 0 Å². The van der Waals surface area contributed by atoms with Crippen molar-refractivity contribution >= 4 is 22.9 Å². The minimum absolute atomic E-state index is 0.0660. The first kappa shape index (κ1) is 12.0. The molecule has 3 rings (SSSR count). The Hall–Kier alpha value is -2.04. The normalized spacial score (nSPS) is 14.4. The number of hydrogen-bond donors (Lipinski definition) is 2. The summed E-state index contributed by atoms with van der Waals surface area (Å²) in [5.74, 6) is 0.338. The Kier molecular flexibility index (Phi) is 2.89. The summed E-state index contributed by atoms with van der Waals surface area (Å²) < 4.78 is 1.78. The zero-order chi connectivity index (χ0) is 13.4. The molecule has 1 aromatic carbocycles. The van der Waals surface area contributed by atoms with Gasteiger partial charge in [-0.15, -0.1) is 0 Å². The molecule has 100 valence electrons. The molecule has 0 spiro atoms. The van der Waals surface area contributed by atoms with Crippen LogP contribution < -0.4 is 11.1 Å². The van der Waals surface area contributed by atoms with E-state index in [1.807, 2.05) is 0 Å². The van der Waals surface area contributed by atoms with Crippen LogP contribution in [0.4, 0.5) is 5.95 Å². The molecule has 1 aromatic heterocycles. The van der Waals surface area contributed by atoms with Crippen molar-refractivity contribution in [3.05, 3.63) is 23.3 Å². The van der Waals surface area contributed by atoms with Crippen LogP contribution in [0.3, 0.4) is 0 Å². The number of amides is 1. The lowest BCUT2D eigenvalue weighted by Crippen LogP contribution is -2.24. The van der Waals surface area contributed by atoms with E-state index in [1.54, 1.807) is 11.6 Å². The van der Waals surface area contributed by atoms with Crippen molar-refractivity contribution in [2.24, 2.45) is 0 Å². The van der Waals surface area contributed by atoms with E-state index in [-0.39, 0.29) is 12.5 Å². The third kappa shape index (κ3) is 2.05. The number of nitrogens with zero attached hydrogens (tertiary/aromatic N) is 2. The lowest BCUT2D eigenvalue weighted by molar-refractivity contribution is -0.121. The third-order valence-electron chi connectivity index (χ3n) is 3.82. The number of nitrogens with two attached hydrogens (primary N) is 1. The monoisotopic (exact) mass is 258 g/mol. The molecule has 3 N–H and O–H groups in total. The summed E-state index contributed by atoms with van der Waals surface area (Å²) in [5, 5.41) is 2.61. The smallest absolute Gasteiger partial charge is 0.239 e. The van der Waals surface area contributed by atoms with E-state index in [4.69, 9.17) is 5.73 Å². The number of fused-ring (bicyclic) bond motifs is 2. The molecule has 0 fully saturated rings. The van der Waals surface area contributed by atoms with Gasteiger partial charge in [-0.05, 0) is 48.9 Å². The largest absolute Gasteiger partial charge is 0.369 e. The van der Waals surface area contributed by atoms with Crippen molar-refractivity contribution in [3.8, 4) is 0 Å². The van der Waals surface area contributed by atoms with Gasteiger partial charge in [0, 0.05) is 7.05 Å². The first-order valence-corrected chi connectivity index (χ1v) is 6.67. The zero-order valence-corrected chi connectivity index (χ0v) is 11.1. The Morgan fingerprint density at radius 3 is 2.74 bits per heavy atom. The Morgan fingerprint density at radius 2 is 2.05 bits per heavy atom. The van der Waals surface area contributed by atoms with Crippen LogP contribution in [0.2, 0.25) is 0 Å². The fourth-order valence-electron chi connectivity index (χ4n) is 2.76. The number of aromatic nitrogens is 2. The number of nitrogen functional groups attached to an aromatic ring is 1. The number of carbonyl (C=O) groups excluding carboxylic acids is 1. The molecule has 0 bridgehead atoms. The maximum Gasteiger partial charge on any atom is 0.239 e. The molecule has 0 saturated carbocycles. The average molecular weight is 258 g/mol. The van der Waals surface area contributed by atoms with Gasteiger partial charge in [0.25, 0.3) is 0 Å². The van der Waals surface area contributed by atoms with Crippen molar-refractivity contribution in [3.63, 3.8) is 0 Å². The molecule has 1 aliphatic carbocycles. The maximum absolute atomic E-state index is 11.5. The van der Waals surface area contributed by atoms with Crippen LogP contribution in [0.25, 0.3) is 11.0 Å². The standard InChI is InChI=1S/C14H18N4O/c1-16-13(19)8-18-12-7-10-5-3-2-4-9(10)6-11(12)17-14(18)15/h6-7H,2-5,8H2,1H3,(H2,15,17)(H,16,19). The van der Waals surface area contributed by atoms with Crippen LogP contribution in [0.15, 0.2) is 12.1 Å². The number of aryl methyl sites for hydroxylation is 2. The van der Waals surface area contributed by atoms with E-state index < -0.39 is 0 Å². The number of nitrogens with one attached hydrogen (secondary N) is 1. The molecule has 0 aliphatic heterocycles. The molecule has 1 amide bonds. The summed E-state index contributed by atoms with van der Waals surface area (Å²) in [4.78, 5) is 15.9. The predicted octanol–water partition coefficient (Wildman–Crippen LogP) is 1.24. The SMILES string of the molecule is CNC(=O)Cn1c(N)nc2cc3c(cc21)CCCC3. The number of rotatable bonds is 2. The fraction of sp³-hybridized carbons (Fsp3) is 0.429. The molecule has 0 saturated heterocycles. The van der Waals surface area contributed by atoms with E-state index in [9.17, 15) is 4.79 Å². The summed E-state index contributed by atoms with van der Waals surface area (Å²) in [5.41, 5.74) is 10.5. The fourth-order valence-corrected chi connectivity index (χ4v) is 2.76. The lowest BCUT2D eigenvalue weighted by atomic mass is 9.91. The molecule has 0 unspecified atom stereocenters. The highest BCUT2D eigenvalue weighted by molar-refractivity contribution is 5.84. The van der Waals surface area contributed by atoms with Crippen molar-refractivity contribution < 1.29 is 4.79 Å². The molecule has 1 aliphatic rings. The molecular formula is C14H18N4O. The first-order valence-electron chi connectivity index (χ1n) is 6.67. The van der Waals surface area contributed by atoms with Gasteiger partial charge in [0.2, 0.25) is 11.9 Å². The molecule has 2 aromatic rings. The zero-order valence-electron chi connectivity index (χ0n) is 11.1. The van der Waals surface area contributed by atoms with Crippen LogP contribution in [0.1, 0.15) is 24.0 Å². The van der Waals surface area contributed by atoms with Crippen molar-refractivity contribution in [2.45, 2.75) is 32.2 Å². The highest BCUT2D eigenvalue weighted by Crippen LogP contribution is 2.27. The maximum atomic E-state index is 11.5. The third-order valence-corrected chi connectivity index (χ3v) is 3.82. The summed E-state index contributed by atoms with van der Waals surface area (Å²) in [6.07, 6.45) is 4.70. The summed E-state index contributed by atoms with van der Waals surface area (Å²) >= 11 is 0. The van der Waals surface area contributed by atoms with Crippen LogP contribution in [-0.4, -0.2) is 22.5 Å². The van der Waals surface area contributed by atoms with Crippen LogP contribution in [0, 0.1) is 0 Å². The van der Waals surface area contributed by atoms with Gasteiger partial charge in [0.15, 0.2) is 0 Å². The Bertz CT molecular complexity index is 644. The van der Waals surface area contributed by atoms with Crippen molar-refractivity contribution in [1.29, 1.82) is 0 Å². The minimum Gasteiger partial charge on any atom is -0.369 e. The van der Waals surface area contributed by atoms with E-state index in [2.05, 4.69) is 22.4 Å². The van der Waals surface area contributed by atoms with Gasteiger partial charge in [0.1, 0.15) is 6.54 Å². The van der Waals surface area contributed by atoms with Gasteiger partial charge in [0.05, 0.1) is 11.0 Å². The van der Waals surface area contributed by atoms with Gasteiger partial charge < -0.3 is 15.6 Å². The second-order valence-corrected chi connectivity index (χ2v) is 5.05. The predicted molar refractivity (Wildman–Crippen MR) is 74.9 cm³/mol. The van der Waals surface area contributed by atoms with E-state index in [0.29, 0.717) is 5.95 Å².